The number of nitrogens with zero attached hydrogens (tertiary/aromatic N) is 1. The van der Waals surface area contributed by atoms with Gasteiger partial charge in [-0.3, -0.25) is 4.90 Å². The second kappa shape index (κ2) is 2.98. The number of ether oxygens (including phenoxy) is 1. The van der Waals surface area contributed by atoms with Crippen LogP contribution in [-0.4, -0.2) is 49.8 Å². The Labute approximate surface area is 74.1 Å². The van der Waals surface area contributed by atoms with Gasteiger partial charge in [0, 0.05) is 32.8 Å². The van der Waals surface area contributed by atoms with E-state index in [2.05, 4.69) is 17.1 Å². The number of methoxy groups -OCH3 is 1. The molecule has 1 N–H and O–H groups in total. The predicted molar refractivity (Wildman–Crippen MR) is 48.3 cm³/mol. The molecule has 2 fully saturated rings. The van der Waals surface area contributed by atoms with Crippen LogP contribution in [0, 0.1) is 0 Å². The highest BCUT2D eigenvalue weighted by molar-refractivity contribution is 4.98. The molecule has 2 aliphatic heterocycles. The SMILES string of the molecule is COC1(C)CN(C2CCNC2)C1. The molecule has 2 heterocycles. The van der Waals surface area contributed by atoms with Gasteiger partial charge in [0.2, 0.25) is 0 Å². The second-order valence-electron chi connectivity index (χ2n) is 4.21. The first-order valence-corrected chi connectivity index (χ1v) is 4.73. The number of likely N-dealkylation sites (tertiary alicyclic amines) is 1. The van der Waals surface area contributed by atoms with E-state index in [1.165, 1.54) is 19.5 Å². The Balaban J connectivity index is 1.80. The fraction of sp³-hybridized carbons (Fsp3) is 1.00. The Bertz CT molecular complexity index is 160. The summed E-state index contributed by atoms with van der Waals surface area (Å²) in [6, 6.07) is 0.772. The summed E-state index contributed by atoms with van der Waals surface area (Å²) in [4.78, 5) is 2.52. The predicted octanol–water partition coefficient (Wildman–Crippen LogP) is 0.0690. The summed E-state index contributed by atoms with van der Waals surface area (Å²) in [6.45, 7) is 6.75. The molecule has 0 aromatic heterocycles. The lowest BCUT2D eigenvalue weighted by Gasteiger charge is -2.49. The van der Waals surface area contributed by atoms with Crippen LogP contribution in [0.5, 0.6) is 0 Å². The second-order valence-corrected chi connectivity index (χ2v) is 4.21. The summed E-state index contributed by atoms with van der Waals surface area (Å²) in [5.74, 6) is 0. The van der Waals surface area contributed by atoms with E-state index in [0.717, 1.165) is 19.1 Å². The van der Waals surface area contributed by atoms with Crippen LogP contribution in [-0.2, 0) is 4.74 Å². The first-order chi connectivity index (χ1) is 5.73. The van der Waals surface area contributed by atoms with E-state index in [9.17, 15) is 0 Å². The van der Waals surface area contributed by atoms with Crippen molar-refractivity contribution in [3.63, 3.8) is 0 Å². The van der Waals surface area contributed by atoms with Crippen LogP contribution in [0.25, 0.3) is 0 Å². The van der Waals surface area contributed by atoms with Crippen LogP contribution in [0.3, 0.4) is 0 Å². The number of rotatable bonds is 2. The maximum atomic E-state index is 5.40. The zero-order chi connectivity index (χ0) is 8.60. The summed E-state index contributed by atoms with van der Waals surface area (Å²) in [6.07, 6.45) is 1.31. The summed E-state index contributed by atoms with van der Waals surface area (Å²) in [5, 5.41) is 3.38. The Kier molecular flexibility index (Phi) is 2.10. The van der Waals surface area contributed by atoms with Crippen LogP contribution in [0.2, 0.25) is 0 Å². The molecule has 3 nitrogen and oxygen atoms in total. The smallest absolute Gasteiger partial charge is 0.0903 e. The van der Waals surface area contributed by atoms with E-state index in [1.54, 1.807) is 0 Å². The molecule has 70 valence electrons. The lowest BCUT2D eigenvalue weighted by molar-refractivity contribution is -0.123. The van der Waals surface area contributed by atoms with Crippen molar-refractivity contribution >= 4 is 0 Å². The van der Waals surface area contributed by atoms with Crippen molar-refractivity contribution in [1.29, 1.82) is 0 Å². The van der Waals surface area contributed by atoms with E-state index < -0.39 is 0 Å². The van der Waals surface area contributed by atoms with Crippen molar-refractivity contribution in [2.75, 3.05) is 33.3 Å². The third-order valence-electron chi connectivity index (χ3n) is 3.12. The van der Waals surface area contributed by atoms with Gasteiger partial charge in [-0.05, 0) is 19.9 Å². The van der Waals surface area contributed by atoms with Crippen molar-refractivity contribution in [3.05, 3.63) is 0 Å². The van der Waals surface area contributed by atoms with E-state index in [-0.39, 0.29) is 5.60 Å². The normalized spacial score (nSPS) is 35.0. The van der Waals surface area contributed by atoms with Crippen LogP contribution in [0.1, 0.15) is 13.3 Å². The van der Waals surface area contributed by atoms with Crippen LogP contribution < -0.4 is 5.32 Å². The quantitative estimate of drug-likeness (QED) is 0.634. The van der Waals surface area contributed by atoms with Gasteiger partial charge in [-0.15, -0.1) is 0 Å². The molecule has 0 amide bonds. The van der Waals surface area contributed by atoms with Gasteiger partial charge in [0.15, 0.2) is 0 Å². The third-order valence-corrected chi connectivity index (χ3v) is 3.12. The zero-order valence-electron chi connectivity index (χ0n) is 7.97. The van der Waals surface area contributed by atoms with Crippen molar-refractivity contribution in [2.24, 2.45) is 0 Å². The van der Waals surface area contributed by atoms with E-state index in [0.29, 0.717) is 0 Å². The summed E-state index contributed by atoms with van der Waals surface area (Å²) in [7, 11) is 1.81. The fourth-order valence-electron chi connectivity index (χ4n) is 2.15. The molecule has 2 rings (SSSR count). The van der Waals surface area contributed by atoms with Gasteiger partial charge in [0.05, 0.1) is 5.60 Å². The summed E-state index contributed by atoms with van der Waals surface area (Å²) < 4.78 is 5.40. The Morgan fingerprint density at radius 3 is 2.75 bits per heavy atom. The number of hydrogen-bond acceptors (Lipinski definition) is 3. The molecule has 0 bridgehead atoms. The van der Waals surface area contributed by atoms with Gasteiger partial charge in [0.1, 0.15) is 0 Å². The largest absolute Gasteiger partial charge is 0.376 e. The highest BCUT2D eigenvalue weighted by Gasteiger charge is 2.42. The van der Waals surface area contributed by atoms with Gasteiger partial charge in [0.25, 0.3) is 0 Å². The van der Waals surface area contributed by atoms with Gasteiger partial charge < -0.3 is 10.1 Å². The van der Waals surface area contributed by atoms with Crippen molar-refractivity contribution in [2.45, 2.75) is 25.0 Å². The molecule has 2 aliphatic rings. The molecule has 0 saturated carbocycles. The first-order valence-electron chi connectivity index (χ1n) is 4.73. The minimum absolute atomic E-state index is 0.141. The molecule has 12 heavy (non-hydrogen) atoms. The molecular formula is C9H18N2O. The maximum absolute atomic E-state index is 5.40. The number of hydrogen-bond donors (Lipinski definition) is 1. The maximum Gasteiger partial charge on any atom is 0.0903 e. The Hall–Kier alpha value is -0.120. The number of nitrogens with one attached hydrogen (secondary N) is 1. The van der Waals surface area contributed by atoms with Crippen LogP contribution >= 0.6 is 0 Å². The molecule has 1 atom stereocenters. The highest BCUT2D eigenvalue weighted by Crippen LogP contribution is 2.27. The molecule has 0 spiro atoms. The molecule has 0 aromatic carbocycles. The highest BCUT2D eigenvalue weighted by atomic mass is 16.5. The monoisotopic (exact) mass is 170 g/mol. The first kappa shape index (κ1) is 8.48. The van der Waals surface area contributed by atoms with Crippen LogP contribution in [0.4, 0.5) is 0 Å². The standard InChI is InChI=1S/C9H18N2O/c1-9(12-2)6-11(7-9)8-3-4-10-5-8/h8,10H,3-7H2,1-2H3. The third kappa shape index (κ3) is 1.37. The van der Waals surface area contributed by atoms with E-state index in [1.807, 2.05) is 7.11 Å². The topological polar surface area (TPSA) is 24.5 Å². The average molecular weight is 170 g/mol. The molecule has 2 saturated heterocycles. The Morgan fingerprint density at radius 1 is 1.50 bits per heavy atom. The van der Waals surface area contributed by atoms with E-state index in [4.69, 9.17) is 4.74 Å². The van der Waals surface area contributed by atoms with Gasteiger partial charge in [-0.25, -0.2) is 0 Å². The van der Waals surface area contributed by atoms with Crippen molar-refractivity contribution in [3.8, 4) is 0 Å². The van der Waals surface area contributed by atoms with Crippen molar-refractivity contribution in [1.82, 2.24) is 10.2 Å². The van der Waals surface area contributed by atoms with E-state index >= 15 is 0 Å². The summed E-state index contributed by atoms with van der Waals surface area (Å²) >= 11 is 0. The minimum atomic E-state index is 0.141. The zero-order valence-corrected chi connectivity index (χ0v) is 7.97. The van der Waals surface area contributed by atoms with Gasteiger partial charge in [-0.2, -0.15) is 0 Å². The molecule has 0 aliphatic carbocycles. The minimum Gasteiger partial charge on any atom is -0.376 e. The molecule has 1 unspecified atom stereocenters. The fourth-order valence-corrected chi connectivity index (χ4v) is 2.15. The van der Waals surface area contributed by atoms with Crippen molar-refractivity contribution < 1.29 is 4.74 Å². The lowest BCUT2D eigenvalue weighted by Crippen LogP contribution is -2.64. The Morgan fingerprint density at radius 2 is 2.25 bits per heavy atom. The summed E-state index contributed by atoms with van der Waals surface area (Å²) in [5.41, 5.74) is 0.141. The van der Waals surface area contributed by atoms with Crippen LogP contribution in [0.15, 0.2) is 0 Å². The molecule has 0 aromatic rings. The lowest BCUT2D eigenvalue weighted by atomic mass is 9.94. The molecule has 0 radical (unpaired) electrons. The van der Waals surface area contributed by atoms with Gasteiger partial charge in [-0.1, -0.05) is 0 Å². The molecular weight excluding hydrogens is 152 g/mol. The average Bonchev–Trinajstić information content (AvgIpc) is 2.50. The van der Waals surface area contributed by atoms with Gasteiger partial charge >= 0.3 is 0 Å². The molecule has 3 heteroatoms.